The summed E-state index contributed by atoms with van der Waals surface area (Å²) in [5, 5.41) is 30.9. The fourth-order valence-corrected chi connectivity index (χ4v) is 4.12. The molecular formula is C22H45NO4. The Bertz CT molecular complexity index is 355. The Kier molecular flexibility index (Phi) is 13.6. The molecule has 1 rings (SSSR count). The molecule has 1 aliphatic rings. The van der Waals surface area contributed by atoms with Crippen molar-refractivity contribution < 1.29 is 20.1 Å². The van der Waals surface area contributed by atoms with Crippen LogP contribution < -0.4 is 0 Å². The average Bonchev–Trinajstić information content (AvgIpc) is 2.92. The van der Waals surface area contributed by atoms with E-state index in [0.29, 0.717) is 6.42 Å². The summed E-state index contributed by atoms with van der Waals surface area (Å²) in [7, 11) is 2.01. The molecule has 1 fully saturated rings. The first kappa shape index (κ1) is 24.8. The van der Waals surface area contributed by atoms with Crippen molar-refractivity contribution in [2.75, 3.05) is 20.2 Å². The third kappa shape index (κ3) is 9.71. The predicted octanol–water partition coefficient (Wildman–Crippen LogP) is 3.49. The normalized spacial score (nSPS) is 26.8. The van der Waals surface area contributed by atoms with Gasteiger partial charge in [0.2, 0.25) is 0 Å². The van der Waals surface area contributed by atoms with Gasteiger partial charge in [-0.2, -0.15) is 0 Å². The average molecular weight is 388 g/mol. The first-order valence-electron chi connectivity index (χ1n) is 11.4. The number of hydrogen-bond acceptors (Lipinski definition) is 5. The van der Waals surface area contributed by atoms with Crippen LogP contribution in [0.2, 0.25) is 0 Å². The number of rotatable bonds is 16. The Morgan fingerprint density at radius 2 is 1.48 bits per heavy atom. The zero-order chi connectivity index (χ0) is 20.1. The molecule has 3 N–H and O–H groups in total. The van der Waals surface area contributed by atoms with Gasteiger partial charge in [-0.3, -0.25) is 4.90 Å². The van der Waals surface area contributed by atoms with E-state index in [-0.39, 0.29) is 12.6 Å². The van der Waals surface area contributed by atoms with Gasteiger partial charge < -0.3 is 20.1 Å². The molecule has 1 saturated carbocycles. The molecule has 0 aromatic rings. The number of likely N-dealkylation sites (N-methyl/N-ethyl adjacent to an activating group) is 1. The lowest BCUT2D eigenvalue weighted by Crippen LogP contribution is -2.48. The third-order valence-electron chi connectivity index (χ3n) is 5.84. The summed E-state index contributed by atoms with van der Waals surface area (Å²) in [4.78, 5) is 2.13. The molecule has 1 aliphatic carbocycles. The van der Waals surface area contributed by atoms with Crippen molar-refractivity contribution in [3.63, 3.8) is 0 Å². The van der Waals surface area contributed by atoms with E-state index in [1.54, 1.807) is 0 Å². The van der Waals surface area contributed by atoms with Crippen LogP contribution in [0.3, 0.4) is 0 Å². The number of nitrogens with zero attached hydrogens (tertiary/aromatic N) is 1. The molecule has 0 radical (unpaired) electrons. The van der Waals surface area contributed by atoms with E-state index in [4.69, 9.17) is 4.74 Å². The quantitative estimate of drug-likeness (QED) is 0.354. The molecule has 162 valence electrons. The molecule has 0 aromatic carbocycles. The van der Waals surface area contributed by atoms with Crippen LogP contribution >= 0.6 is 0 Å². The van der Waals surface area contributed by atoms with Crippen LogP contribution in [0.1, 0.15) is 90.9 Å². The first-order chi connectivity index (χ1) is 13.0. The van der Waals surface area contributed by atoms with Crippen LogP contribution in [0.5, 0.6) is 0 Å². The van der Waals surface area contributed by atoms with Crippen molar-refractivity contribution in [1.82, 2.24) is 4.90 Å². The van der Waals surface area contributed by atoms with E-state index in [0.717, 1.165) is 32.2 Å². The molecule has 0 heterocycles. The number of aliphatic hydroxyl groups excluding tert-OH is 3. The monoisotopic (exact) mass is 387 g/mol. The molecule has 0 bridgehead atoms. The molecule has 27 heavy (non-hydrogen) atoms. The summed E-state index contributed by atoms with van der Waals surface area (Å²) in [6.45, 7) is 5.55. The largest absolute Gasteiger partial charge is 0.391 e. The summed E-state index contributed by atoms with van der Waals surface area (Å²) in [6, 6.07) is -0.192. The van der Waals surface area contributed by atoms with Crippen LogP contribution in [0, 0.1) is 0 Å². The van der Waals surface area contributed by atoms with Crippen molar-refractivity contribution in [3.05, 3.63) is 0 Å². The lowest BCUT2D eigenvalue weighted by Gasteiger charge is -2.32. The van der Waals surface area contributed by atoms with Gasteiger partial charge in [-0.1, -0.05) is 71.6 Å². The molecule has 5 heteroatoms. The van der Waals surface area contributed by atoms with Crippen molar-refractivity contribution >= 4 is 0 Å². The second-order valence-corrected chi connectivity index (χ2v) is 8.41. The smallest absolute Gasteiger partial charge is 0.102 e. The van der Waals surface area contributed by atoms with Crippen LogP contribution in [-0.2, 0) is 4.74 Å². The lowest BCUT2D eigenvalue weighted by atomic mass is 10.1. The molecule has 1 unspecified atom stereocenters. The number of hydrogen-bond donors (Lipinski definition) is 3. The highest BCUT2D eigenvalue weighted by Gasteiger charge is 2.44. The van der Waals surface area contributed by atoms with Crippen molar-refractivity contribution in [3.8, 4) is 0 Å². The van der Waals surface area contributed by atoms with Gasteiger partial charge in [0.05, 0.1) is 31.0 Å². The van der Waals surface area contributed by atoms with E-state index >= 15 is 0 Å². The molecular weight excluding hydrogens is 342 g/mol. The standard InChI is InChI=1S/C22H45NO4/c1-4-6-8-10-12-14-18(24)17-27-22-20(26)16-19(25)21(22)23(3)15-13-11-9-7-5-2/h18-22,24-26H,4-17H2,1-3H3/t18?,19-,20+,21+,22+/m1/s1. The zero-order valence-electron chi connectivity index (χ0n) is 18.0. The van der Waals surface area contributed by atoms with Gasteiger partial charge in [0.1, 0.15) is 6.10 Å². The Morgan fingerprint density at radius 3 is 2.11 bits per heavy atom. The van der Waals surface area contributed by atoms with Gasteiger partial charge in [0.15, 0.2) is 0 Å². The highest BCUT2D eigenvalue weighted by atomic mass is 16.5. The molecule has 0 saturated heterocycles. The second-order valence-electron chi connectivity index (χ2n) is 8.41. The Balaban J connectivity index is 2.35. The van der Waals surface area contributed by atoms with Gasteiger partial charge in [-0.05, 0) is 26.4 Å². The Morgan fingerprint density at radius 1 is 0.889 bits per heavy atom. The van der Waals surface area contributed by atoms with Gasteiger partial charge in [-0.15, -0.1) is 0 Å². The van der Waals surface area contributed by atoms with Crippen LogP contribution in [0.15, 0.2) is 0 Å². The van der Waals surface area contributed by atoms with E-state index in [9.17, 15) is 15.3 Å². The SMILES string of the molecule is CCCCCCCC(O)CO[C@@H]1[C@@H](N(C)CCCCCCC)[C@H](O)C[C@@H]1O. The molecule has 0 spiro atoms. The van der Waals surface area contributed by atoms with Gasteiger partial charge in [0, 0.05) is 6.42 Å². The third-order valence-corrected chi connectivity index (χ3v) is 5.84. The fraction of sp³-hybridized carbons (Fsp3) is 1.00. The van der Waals surface area contributed by atoms with E-state index < -0.39 is 24.4 Å². The number of ether oxygens (including phenoxy) is 1. The number of unbranched alkanes of at least 4 members (excludes halogenated alkanes) is 8. The molecule has 0 aromatic heterocycles. The first-order valence-corrected chi connectivity index (χ1v) is 11.4. The van der Waals surface area contributed by atoms with Crippen molar-refractivity contribution in [1.29, 1.82) is 0 Å². The van der Waals surface area contributed by atoms with Gasteiger partial charge in [0.25, 0.3) is 0 Å². The summed E-state index contributed by atoms with van der Waals surface area (Å²) in [5.41, 5.74) is 0. The Labute approximate surface area is 167 Å². The van der Waals surface area contributed by atoms with Crippen molar-refractivity contribution in [2.24, 2.45) is 0 Å². The molecule has 0 amide bonds. The fourth-order valence-electron chi connectivity index (χ4n) is 4.12. The van der Waals surface area contributed by atoms with Gasteiger partial charge in [-0.25, -0.2) is 0 Å². The van der Waals surface area contributed by atoms with Crippen molar-refractivity contribution in [2.45, 2.75) is 121 Å². The zero-order valence-corrected chi connectivity index (χ0v) is 18.0. The summed E-state index contributed by atoms with van der Waals surface area (Å²) in [5.74, 6) is 0. The second kappa shape index (κ2) is 14.7. The predicted molar refractivity (Wildman–Crippen MR) is 111 cm³/mol. The maximum absolute atomic E-state index is 10.4. The minimum Gasteiger partial charge on any atom is -0.391 e. The maximum atomic E-state index is 10.4. The Hall–Kier alpha value is -0.200. The highest BCUT2D eigenvalue weighted by Crippen LogP contribution is 2.28. The molecule has 5 atom stereocenters. The summed E-state index contributed by atoms with van der Waals surface area (Å²) in [6.07, 6.45) is 10.9. The minimum atomic E-state index is -0.663. The lowest BCUT2D eigenvalue weighted by molar-refractivity contribution is -0.0834. The van der Waals surface area contributed by atoms with Crippen LogP contribution in [0.4, 0.5) is 0 Å². The van der Waals surface area contributed by atoms with E-state index in [1.165, 1.54) is 44.9 Å². The summed E-state index contributed by atoms with van der Waals surface area (Å²) < 4.78 is 5.90. The van der Waals surface area contributed by atoms with Gasteiger partial charge >= 0.3 is 0 Å². The molecule has 5 nitrogen and oxygen atoms in total. The maximum Gasteiger partial charge on any atom is 0.102 e. The van der Waals surface area contributed by atoms with Crippen LogP contribution in [-0.4, -0.2) is 70.9 Å². The number of aliphatic hydroxyl groups is 3. The minimum absolute atomic E-state index is 0.192. The van der Waals surface area contributed by atoms with Crippen LogP contribution in [0.25, 0.3) is 0 Å². The topological polar surface area (TPSA) is 73.2 Å². The summed E-state index contributed by atoms with van der Waals surface area (Å²) >= 11 is 0. The molecule has 0 aliphatic heterocycles. The highest BCUT2D eigenvalue weighted by molar-refractivity contribution is 4.98. The van der Waals surface area contributed by atoms with E-state index in [2.05, 4.69) is 18.7 Å². The van der Waals surface area contributed by atoms with E-state index in [1.807, 2.05) is 7.05 Å².